The van der Waals surface area contributed by atoms with Crippen LogP contribution in [0.2, 0.25) is 5.02 Å². The van der Waals surface area contributed by atoms with Crippen LogP contribution in [0, 0.1) is 6.92 Å². The summed E-state index contributed by atoms with van der Waals surface area (Å²) in [6.07, 6.45) is -0.105. The normalized spacial score (nSPS) is 16.2. The predicted molar refractivity (Wildman–Crippen MR) is 100 cm³/mol. The molecule has 132 valence electrons. The van der Waals surface area contributed by atoms with E-state index in [1.807, 2.05) is 60.1 Å². The first-order chi connectivity index (χ1) is 12.6. The summed E-state index contributed by atoms with van der Waals surface area (Å²) < 4.78 is 7.77. The van der Waals surface area contributed by atoms with Crippen molar-refractivity contribution < 1.29 is 9.53 Å². The van der Waals surface area contributed by atoms with Gasteiger partial charge in [0.25, 0.3) is 5.91 Å². The van der Waals surface area contributed by atoms with E-state index >= 15 is 0 Å². The number of hydrogen-bond acceptors (Lipinski definition) is 3. The van der Waals surface area contributed by atoms with Gasteiger partial charge in [-0.2, -0.15) is 5.10 Å². The summed E-state index contributed by atoms with van der Waals surface area (Å²) in [5.41, 5.74) is 4.13. The maximum atomic E-state index is 12.5. The van der Waals surface area contributed by atoms with Crippen LogP contribution in [0.3, 0.4) is 0 Å². The maximum Gasteiger partial charge on any atom is 0.276 e. The first-order valence-electron chi connectivity index (χ1n) is 8.41. The Morgan fingerprint density at radius 1 is 1.23 bits per heavy atom. The number of rotatable bonds is 3. The average Bonchev–Trinajstić information content (AvgIpc) is 3.07. The summed E-state index contributed by atoms with van der Waals surface area (Å²) >= 11 is 5.94. The van der Waals surface area contributed by atoms with Gasteiger partial charge in [0, 0.05) is 10.7 Å². The lowest BCUT2D eigenvalue weighted by molar-refractivity contribution is -0.00118. The molecule has 6 heteroatoms. The van der Waals surface area contributed by atoms with Gasteiger partial charge in [0.2, 0.25) is 0 Å². The third kappa shape index (κ3) is 3.36. The molecule has 3 aromatic rings. The molecule has 0 fully saturated rings. The fourth-order valence-corrected chi connectivity index (χ4v) is 3.14. The Labute approximate surface area is 156 Å². The van der Waals surface area contributed by atoms with Gasteiger partial charge >= 0.3 is 0 Å². The molecule has 1 amide bonds. The molecule has 0 aliphatic carbocycles. The van der Waals surface area contributed by atoms with Crippen LogP contribution in [0.1, 0.15) is 33.4 Å². The number of aryl methyl sites for hydroxylation is 1. The van der Waals surface area contributed by atoms with Gasteiger partial charge in [-0.25, -0.2) is 0 Å². The zero-order valence-electron chi connectivity index (χ0n) is 14.3. The monoisotopic (exact) mass is 367 g/mol. The zero-order chi connectivity index (χ0) is 18.1. The highest BCUT2D eigenvalue weighted by atomic mass is 35.5. The Morgan fingerprint density at radius 3 is 2.77 bits per heavy atom. The van der Waals surface area contributed by atoms with Crippen molar-refractivity contribution in [1.29, 1.82) is 0 Å². The lowest BCUT2D eigenvalue weighted by Gasteiger charge is -2.24. The number of hydrogen-bond donors (Lipinski definition) is 1. The summed E-state index contributed by atoms with van der Waals surface area (Å²) in [4.78, 5) is 12.5. The van der Waals surface area contributed by atoms with E-state index in [0.29, 0.717) is 23.9 Å². The van der Waals surface area contributed by atoms with E-state index in [2.05, 4.69) is 10.4 Å². The molecule has 5 nitrogen and oxygen atoms in total. The van der Waals surface area contributed by atoms with Crippen molar-refractivity contribution in [3.8, 4) is 0 Å². The van der Waals surface area contributed by atoms with Crippen LogP contribution in [-0.4, -0.2) is 15.7 Å². The molecular weight excluding hydrogens is 350 g/mol. The van der Waals surface area contributed by atoms with Crippen LogP contribution in [0.15, 0.2) is 54.6 Å². The Kier molecular flexibility index (Phi) is 4.49. The van der Waals surface area contributed by atoms with Crippen LogP contribution in [-0.2, 0) is 17.9 Å². The van der Waals surface area contributed by atoms with Crippen LogP contribution < -0.4 is 5.32 Å². The van der Waals surface area contributed by atoms with E-state index in [4.69, 9.17) is 16.3 Å². The van der Waals surface area contributed by atoms with Crippen molar-refractivity contribution in [3.05, 3.63) is 82.1 Å². The Bertz CT molecular complexity index is 950. The molecule has 1 unspecified atom stereocenters. The van der Waals surface area contributed by atoms with Gasteiger partial charge in [0.15, 0.2) is 5.69 Å². The standard InChI is InChI=1S/C20H18ClN3O2/c1-13-4-2-3-5-17(13)22-20(25)18-10-16-12-26-19(11-24(16)23-18)14-6-8-15(21)9-7-14/h2-10,19H,11-12H2,1H3,(H,22,25). The third-order valence-corrected chi connectivity index (χ3v) is 4.75. The molecule has 0 saturated carbocycles. The van der Waals surface area contributed by atoms with Gasteiger partial charge in [0.1, 0.15) is 6.10 Å². The molecule has 0 saturated heterocycles. The smallest absolute Gasteiger partial charge is 0.276 e. The molecule has 0 spiro atoms. The number of halogens is 1. The molecule has 0 radical (unpaired) electrons. The first-order valence-corrected chi connectivity index (χ1v) is 8.79. The van der Waals surface area contributed by atoms with Gasteiger partial charge < -0.3 is 10.1 Å². The minimum atomic E-state index is -0.218. The van der Waals surface area contributed by atoms with E-state index in [0.717, 1.165) is 22.5 Å². The Balaban J connectivity index is 1.51. The van der Waals surface area contributed by atoms with Crippen LogP contribution in [0.25, 0.3) is 0 Å². The lowest BCUT2D eigenvalue weighted by atomic mass is 10.1. The minimum Gasteiger partial charge on any atom is -0.365 e. The van der Waals surface area contributed by atoms with Gasteiger partial charge in [-0.05, 0) is 42.3 Å². The topological polar surface area (TPSA) is 56.2 Å². The van der Waals surface area contributed by atoms with E-state index < -0.39 is 0 Å². The number of amides is 1. The minimum absolute atomic E-state index is 0.105. The number of fused-ring (bicyclic) bond motifs is 1. The largest absolute Gasteiger partial charge is 0.365 e. The number of aromatic nitrogens is 2. The predicted octanol–water partition coefficient (Wildman–Crippen LogP) is 4.37. The Morgan fingerprint density at radius 2 is 2.00 bits per heavy atom. The van der Waals surface area contributed by atoms with Gasteiger partial charge in [-0.15, -0.1) is 0 Å². The SMILES string of the molecule is Cc1ccccc1NC(=O)c1cc2n(n1)CC(c1ccc(Cl)cc1)OC2. The van der Waals surface area contributed by atoms with Crippen molar-refractivity contribution in [1.82, 2.24) is 9.78 Å². The van der Waals surface area contributed by atoms with E-state index in [9.17, 15) is 4.79 Å². The Hall–Kier alpha value is -2.63. The maximum absolute atomic E-state index is 12.5. The van der Waals surface area contributed by atoms with Crippen molar-refractivity contribution >= 4 is 23.2 Å². The fraction of sp³-hybridized carbons (Fsp3) is 0.200. The number of para-hydroxylation sites is 1. The van der Waals surface area contributed by atoms with E-state index in [1.165, 1.54) is 0 Å². The van der Waals surface area contributed by atoms with Gasteiger partial charge in [-0.1, -0.05) is 41.9 Å². The lowest BCUT2D eigenvalue weighted by Crippen LogP contribution is -2.22. The van der Waals surface area contributed by atoms with Crippen LogP contribution in [0.4, 0.5) is 5.69 Å². The highest BCUT2D eigenvalue weighted by Crippen LogP contribution is 2.27. The molecule has 1 atom stereocenters. The number of nitrogens with zero attached hydrogens (tertiary/aromatic N) is 2. The molecule has 1 aromatic heterocycles. The number of nitrogens with one attached hydrogen (secondary N) is 1. The fourth-order valence-electron chi connectivity index (χ4n) is 3.01. The van der Waals surface area contributed by atoms with E-state index in [1.54, 1.807) is 6.07 Å². The number of benzene rings is 2. The molecule has 4 rings (SSSR count). The molecule has 0 bridgehead atoms. The second-order valence-electron chi connectivity index (χ2n) is 6.32. The number of carbonyl (C=O) groups is 1. The second-order valence-corrected chi connectivity index (χ2v) is 6.76. The summed E-state index contributed by atoms with van der Waals surface area (Å²) in [6.45, 7) is 2.94. The average molecular weight is 368 g/mol. The second kappa shape index (κ2) is 6.94. The zero-order valence-corrected chi connectivity index (χ0v) is 15.0. The quantitative estimate of drug-likeness (QED) is 0.747. The molecular formula is C20H18ClN3O2. The van der Waals surface area contributed by atoms with Crippen molar-refractivity contribution in [2.45, 2.75) is 26.2 Å². The summed E-state index contributed by atoms with van der Waals surface area (Å²) in [5, 5.41) is 8.08. The van der Waals surface area contributed by atoms with Crippen molar-refractivity contribution in [3.63, 3.8) is 0 Å². The van der Waals surface area contributed by atoms with Crippen LogP contribution in [0.5, 0.6) is 0 Å². The van der Waals surface area contributed by atoms with Gasteiger partial charge in [-0.3, -0.25) is 9.48 Å². The number of carbonyl (C=O) groups excluding carboxylic acids is 1. The number of anilines is 1. The molecule has 1 N–H and O–H groups in total. The highest BCUT2D eigenvalue weighted by molar-refractivity contribution is 6.30. The molecule has 2 heterocycles. The summed E-state index contributed by atoms with van der Waals surface area (Å²) in [6, 6.07) is 17.0. The molecule has 26 heavy (non-hydrogen) atoms. The van der Waals surface area contributed by atoms with Crippen LogP contribution >= 0.6 is 11.6 Å². The first kappa shape index (κ1) is 16.8. The summed E-state index contributed by atoms with van der Waals surface area (Å²) in [5.74, 6) is -0.218. The number of ether oxygens (including phenoxy) is 1. The van der Waals surface area contributed by atoms with E-state index in [-0.39, 0.29) is 12.0 Å². The molecule has 1 aliphatic heterocycles. The van der Waals surface area contributed by atoms with Crippen molar-refractivity contribution in [2.24, 2.45) is 0 Å². The third-order valence-electron chi connectivity index (χ3n) is 4.50. The molecule has 2 aromatic carbocycles. The van der Waals surface area contributed by atoms with Crippen molar-refractivity contribution in [2.75, 3.05) is 5.32 Å². The summed E-state index contributed by atoms with van der Waals surface area (Å²) in [7, 11) is 0. The molecule has 1 aliphatic rings. The highest BCUT2D eigenvalue weighted by Gasteiger charge is 2.24. The van der Waals surface area contributed by atoms with Gasteiger partial charge in [0.05, 0.1) is 18.8 Å².